The fourth-order valence-electron chi connectivity index (χ4n) is 2.75. The van der Waals surface area contributed by atoms with E-state index in [4.69, 9.17) is 0 Å². The van der Waals surface area contributed by atoms with Gasteiger partial charge in [0.15, 0.2) is 15.8 Å². The average molecular weight is 394 g/mol. The van der Waals surface area contributed by atoms with Crippen molar-refractivity contribution in [3.8, 4) is 0 Å². The van der Waals surface area contributed by atoms with E-state index in [1.165, 1.54) is 0 Å². The Morgan fingerprint density at radius 2 is 1.85 bits per heavy atom. The third kappa shape index (κ3) is 5.45. The van der Waals surface area contributed by atoms with Crippen molar-refractivity contribution in [2.24, 2.45) is 4.99 Å². The summed E-state index contributed by atoms with van der Waals surface area (Å²) in [5.41, 5.74) is 2.16. The number of rotatable bonds is 7. The molecule has 27 heavy (non-hydrogen) atoms. The number of nitrogens with zero attached hydrogens (tertiary/aromatic N) is 3. The van der Waals surface area contributed by atoms with Crippen LogP contribution >= 0.6 is 0 Å². The molecule has 0 unspecified atom stereocenters. The van der Waals surface area contributed by atoms with Crippen molar-refractivity contribution >= 4 is 26.8 Å². The number of hydrogen-bond acceptors (Lipinski definition) is 4. The van der Waals surface area contributed by atoms with Gasteiger partial charge in [0.1, 0.15) is 5.82 Å². The Morgan fingerprint density at radius 3 is 2.52 bits per heavy atom. The molecule has 0 atom stereocenters. The number of para-hydroxylation sites is 2. The Kier molecular flexibility index (Phi) is 6.86. The lowest BCUT2D eigenvalue weighted by atomic mass is 10.3. The van der Waals surface area contributed by atoms with Crippen LogP contribution in [0, 0.1) is 6.92 Å². The van der Waals surface area contributed by atoms with Crippen LogP contribution in [-0.4, -0.2) is 54.6 Å². The SMILES string of the molecule is CN=C(NCCCn1c(C)nc2ccccc21)NCCS(=O)(=O)C(C)(C)C. The Labute approximate surface area is 162 Å². The second-order valence-corrected chi connectivity index (χ2v) is 10.4. The van der Waals surface area contributed by atoms with Crippen LogP contribution < -0.4 is 10.6 Å². The molecule has 2 rings (SSSR count). The molecule has 150 valence electrons. The molecule has 8 heteroatoms. The molecule has 0 fully saturated rings. The third-order valence-corrected chi connectivity index (χ3v) is 7.12. The van der Waals surface area contributed by atoms with Gasteiger partial charge in [0.2, 0.25) is 0 Å². The molecular formula is C19H31N5O2S. The summed E-state index contributed by atoms with van der Waals surface area (Å²) in [6, 6.07) is 8.12. The zero-order chi connectivity index (χ0) is 20.1. The molecule has 0 amide bonds. The predicted octanol–water partition coefficient (Wildman–Crippen LogP) is 2.11. The number of aryl methyl sites for hydroxylation is 2. The van der Waals surface area contributed by atoms with Crippen molar-refractivity contribution in [2.45, 2.75) is 45.4 Å². The highest BCUT2D eigenvalue weighted by atomic mass is 32.2. The number of sulfone groups is 1. The molecule has 7 nitrogen and oxygen atoms in total. The first kappa shape index (κ1) is 21.2. The molecular weight excluding hydrogens is 362 g/mol. The molecule has 1 aromatic heterocycles. The largest absolute Gasteiger partial charge is 0.356 e. The Morgan fingerprint density at radius 1 is 1.19 bits per heavy atom. The van der Waals surface area contributed by atoms with Crippen LogP contribution in [0.15, 0.2) is 29.3 Å². The van der Waals surface area contributed by atoms with Crippen LogP contribution in [0.25, 0.3) is 11.0 Å². The summed E-state index contributed by atoms with van der Waals surface area (Å²) in [6.07, 6.45) is 0.905. The van der Waals surface area contributed by atoms with E-state index in [9.17, 15) is 8.42 Å². The van der Waals surface area contributed by atoms with Gasteiger partial charge in [-0.2, -0.15) is 0 Å². The molecule has 0 saturated carbocycles. The molecule has 2 N–H and O–H groups in total. The summed E-state index contributed by atoms with van der Waals surface area (Å²) < 4.78 is 25.8. The molecule has 0 radical (unpaired) electrons. The van der Waals surface area contributed by atoms with Crippen molar-refractivity contribution in [1.29, 1.82) is 0 Å². The first-order chi connectivity index (χ1) is 12.7. The summed E-state index contributed by atoms with van der Waals surface area (Å²) in [6.45, 7) is 9.10. The first-order valence-corrected chi connectivity index (χ1v) is 10.9. The second kappa shape index (κ2) is 8.73. The molecule has 0 aliphatic heterocycles. The third-order valence-electron chi connectivity index (χ3n) is 4.52. The maximum atomic E-state index is 12.1. The number of benzene rings is 1. The van der Waals surface area contributed by atoms with E-state index in [1.807, 2.05) is 25.1 Å². The van der Waals surface area contributed by atoms with E-state index in [-0.39, 0.29) is 5.75 Å². The number of nitrogens with one attached hydrogen (secondary N) is 2. The van der Waals surface area contributed by atoms with Gasteiger partial charge in [0, 0.05) is 26.7 Å². The summed E-state index contributed by atoms with van der Waals surface area (Å²) >= 11 is 0. The highest BCUT2D eigenvalue weighted by molar-refractivity contribution is 7.92. The van der Waals surface area contributed by atoms with Gasteiger partial charge in [-0.1, -0.05) is 12.1 Å². The fourth-order valence-corrected chi connectivity index (χ4v) is 3.74. The van der Waals surface area contributed by atoms with Gasteiger partial charge in [-0.25, -0.2) is 13.4 Å². The summed E-state index contributed by atoms with van der Waals surface area (Å²) in [7, 11) is -1.46. The fraction of sp³-hybridized carbons (Fsp3) is 0.579. The molecule has 2 aromatic rings. The smallest absolute Gasteiger partial charge is 0.191 e. The highest BCUT2D eigenvalue weighted by Crippen LogP contribution is 2.16. The average Bonchev–Trinajstić information content (AvgIpc) is 2.91. The zero-order valence-electron chi connectivity index (χ0n) is 16.9. The molecule has 0 aliphatic carbocycles. The number of aromatic nitrogens is 2. The van der Waals surface area contributed by atoms with E-state index >= 15 is 0 Å². The topological polar surface area (TPSA) is 88.4 Å². The van der Waals surface area contributed by atoms with Gasteiger partial charge < -0.3 is 15.2 Å². The standard InChI is InChI=1S/C19H31N5O2S/c1-15-23-16-9-6-7-10-17(16)24(15)13-8-11-21-18(20-5)22-12-14-27(25,26)19(2,3)4/h6-7,9-10H,8,11-14H2,1-5H3,(H2,20,21,22). The number of aliphatic imine (C=N–C) groups is 1. The molecule has 1 heterocycles. The van der Waals surface area contributed by atoms with Gasteiger partial charge in [-0.3, -0.25) is 4.99 Å². The van der Waals surface area contributed by atoms with Crippen molar-refractivity contribution in [3.05, 3.63) is 30.1 Å². The van der Waals surface area contributed by atoms with Crippen molar-refractivity contribution in [2.75, 3.05) is 25.9 Å². The second-order valence-electron chi connectivity index (χ2n) is 7.51. The molecule has 0 bridgehead atoms. The van der Waals surface area contributed by atoms with Crippen LogP contribution in [0.2, 0.25) is 0 Å². The normalized spacial score (nSPS) is 13.1. The summed E-state index contributed by atoms with van der Waals surface area (Å²) in [4.78, 5) is 8.73. The van der Waals surface area contributed by atoms with Crippen LogP contribution in [0.1, 0.15) is 33.0 Å². The van der Waals surface area contributed by atoms with Crippen molar-refractivity contribution < 1.29 is 8.42 Å². The first-order valence-electron chi connectivity index (χ1n) is 9.24. The van der Waals surface area contributed by atoms with Crippen molar-refractivity contribution in [3.63, 3.8) is 0 Å². The van der Waals surface area contributed by atoms with E-state index in [1.54, 1.807) is 27.8 Å². The van der Waals surface area contributed by atoms with E-state index < -0.39 is 14.6 Å². The van der Waals surface area contributed by atoms with Gasteiger partial charge in [0.05, 0.1) is 21.5 Å². The van der Waals surface area contributed by atoms with Crippen LogP contribution in [0.4, 0.5) is 0 Å². The Bertz CT molecular complexity index is 894. The minimum Gasteiger partial charge on any atom is -0.356 e. The van der Waals surface area contributed by atoms with Crippen LogP contribution in [0.3, 0.4) is 0 Å². The van der Waals surface area contributed by atoms with Gasteiger partial charge in [-0.15, -0.1) is 0 Å². The van der Waals surface area contributed by atoms with E-state index in [2.05, 4.69) is 31.2 Å². The summed E-state index contributed by atoms with van der Waals surface area (Å²) in [5, 5.41) is 6.31. The predicted molar refractivity (Wildman–Crippen MR) is 112 cm³/mol. The van der Waals surface area contributed by atoms with Gasteiger partial charge >= 0.3 is 0 Å². The molecule has 0 saturated heterocycles. The van der Waals surface area contributed by atoms with E-state index in [0.29, 0.717) is 12.5 Å². The van der Waals surface area contributed by atoms with Crippen molar-refractivity contribution in [1.82, 2.24) is 20.2 Å². The quantitative estimate of drug-likeness (QED) is 0.427. The minimum absolute atomic E-state index is 0.0808. The molecule has 0 aliphatic rings. The van der Waals surface area contributed by atoms with Gasteiger partial charge in [0.25, 0.3) is 0 Å². The number of hydrogen-bond donors (Lipinski definition) is 2. The Balaban J connectivity index is 1.79. The number of guanidine groups is 1. The minimum atomic E-state index is -3.14. The van der Waals surface area contributed by atoms with Crippen LogP contribution in [0.5, 0.6) is 0 Å². The monoisotopic (exact) mass is 393 g/mol. The number of imidazole rings is 1. The zero-order valence-corrected chi connectivity index (χ0v) is 17.7. The maximum absolute atomic E-state index is 12.1. The molecule has 1 aromatic carbocycles. The maximum Gasteiger partial charge on any atom is 0.191 e. The summed E-state index contributed by atoms with van der Waals surface area (Å²) in [5.74, 6) is 1.70. The lowest BCUT2D eigenvalue weighted by Gasteiger charge is -2.19. The highest BCUT2D eigenvalue weighted by Gasteiger charge is 2.28. The van der Waals surface area contributed by atoms with E-state index in [0.717, 1.165) is 36.4 Å². The van der Waals surface area contributed by atoms with Gasteiger partial charge in [-0.05, 0) is 46.2 Å². The lowest BCUT2D eigenvalue weighted by Crippen LogP contribution is -2.42. The van der Waals surface area contributed by atoms with Crippen LogP contribution in [-0.2, 0) is 16.4 Å². The Hall–Kier alpha value is -2.09. The lowest BCUT2D eigenvalue weighted by molar-refractivity contribution is 0.559. The molecule has 0 spiro atoms. The number of fused-ring (bicyclic) bond motifs is 1.